The summed E-state index contributed by atoms with van der Waals surface area (Å²) in [6.45, 7) is 9.13. The third-order valence-corrected chi connectivity index (χ3v) is 5.25. The molecule has 0 spiro atoms. The van der Waals surface area contributed by atoms with Crippen molar-refractivity contribution in [3.05, 3.63) is 41.9 Å². The van der Waals surface area contributed by atoms with E-state index in [1.54, 1.807) is 0 Å². The van der Waals surface area contributed by atoms with Crippen molar-refractivity contribution in [3.8, 4) is 5.75 Å². The number of hydrogen-bond donors (Lipinski definition) is 0. The Morgan fingerprint density at radius 2 is 1.86 bits per heavy atom. The molecule has 0 aliphatic carbocycles. The number of aryl methyl sites for hydroxylation is 2. The number of rotatable bonds is 3. The van der Waals surface area contributed by atoms with Crippen LogP contribution in [0.1, 0.15) is 17.9 Å². The topological polar surface area (TPSA) is 61.8 Å². The Bertz CT molecular complexity index is 828. The molecular weight excluding hydrogens is 354 g/mol. The van der Waals surface area contributed by atoms with Crippen LogP contribution in [0.5, 0.6) is 5.75 Å². The van der Waals surface area contributed by atoms with E-state index in [4.69, 9.17) is 4.74 Å². The van der Waals surface area contributed by atoms with Crippen LogP contribution < -0.4 is 14.5 Å². The Balaban J connectivity index is 1.38. The maximum absolute atomic E-state index is 13.0. The fraction of sp³-hybridized carbons (Fsp3) is 0.476. The highest BCUT2D eigenvalue weighted by atomic mass is 16.5. The molecule has 28 heavy (non-hydrogen) atoms. The van der Waals surface area contributed by atoms with E-state index in [9.17, 15) is 4.79 Å². The van der Waals surface area contributed by atoms with Gasteiger partial charge in [0, 0.05) is 44.5 Å². The fourth-order valence-electron chi connectivity index (χ4n) is 3.86. The van der Waals surface area contributed by atoms with Gasteiger partial charge in [-0.05, 0) is 32.4 Å². The van der Waals surface area contributed by atoms with E-state index in [-0.39, 0.29) is 5.91 Å². The molecule has 1 fully saturated rings. The molecule has 7 nitrogen and oxygen atoms in total. The van der Waals surface area contributed by atoms with Gasteiger partial charge in [-0.1, -0.05) is 12.1 Å². The predicted octanol–water partition coefficient (Wildman–Crippen LogP) is 2.03. The van der Waals surface area contributed by atoms with Gasteiger partial charge in [-0.2, -0.15) is 0 Å². The Morgan fingerprint density at radius 3 is 2.64 bits per heavy atom. The molecule has 0 atom stereocenters. The fourth-order valence-corrected chi connectivity index (χ4v) is 3.86. The third kappa shape index (κ3) is 4.09. The summed E-state index contributed by atoms with van der Waals surface area (Å²) < 4.78 is 5.77. The highest BCUT2D eigenvalue weighted by Crippen LogP contribution is 2.30. The van der Waals surface area contributed by atoms with Crippen LogP contribution >= 0.6 is 0 Å². The van der Waals surface area contributed by atoms with Gasteiger partial charge in [0.25, 0.3) is 0 Å². The van der Waals surface area contributed by atoms with Gasteiger partial charge >= 0.3 is 0 Å². The molecule has 148 valence electrons. The van der Waals surface area contributed by atoms with Crippen LogP contribution in [0.25, 0.3) is 0 Å². The Hall–Kier alpha value is -2.67. The first-order chi connectivity index (χ1) is 13.6. The lowest BCUT2D eigenvalue weighted by Crippen LogP contribution is -2.50. The van der Waals surface area contributed by atoms with E-state index in [1.807, 2.05) is 49.1 Å². The van der Waals surface area contributed by atoms with Gasteiger partial charge in [0.1, 0.15) is 17.4 Å². The molecule has 0 bridgehead atoms. The Labute approximate surface area is 165 Å². The lowest BCUT2D eigenvalue weighted by molar-refractivity contribution is -0.119. The molecule has 7 heteroatoms. The number of aromatic nitrogens is 2. The molecule has 1 aromatic carbocycles. The van der Waals surface area contributed by atoms with Crippen LogP contribution in [0.4, 0.5) is 11.5 Å². The number of carbonyl (C=O) groups excluding carboxylic acids is 1. The van der Waals surface area contributed by atoms with Crippen molar-refractivity contribution >= 4 is 17.4 Å². The van der Waals surface area contributed by atoms with E-state index in [2.05, 4.69) is 19.8 Å². The summed E-state index contributed by atoms with van der Waals surface area (Å²) in [5.74, 6) is 2.72. The van der Waals surface area contributed by atoms with Gasteiger partial charge in [-0.3, -0.25) is 9.69 Å². The van der Waals surface area contributed by atoms with E-state index < -0.39 is 0 Å². The summed E-state index contributed by atoms with van der Waals surface area (Å²) >= 11 is 0. The van der Waals surface area contributed by atoms with E-state index in [0.29, 0.717) is 19.7 Å². The van der Waals surface area contributed by atoms with Crippen LogP contribution in [0, 0.1) is 13.8 Å². The molecule has 1 amide bonds. The summed E-state index contributed by atoms with van der Waals surface area (Å²) in [6, 6.07) is 9.84. The quantitative estimate of drug-likeness (QED) is 0.811. The number of amides is 1. The van der Waals surface area contributed by atoms with Crippen LogP contribution in [0.15, 0.2) is 30.3 Å². The number of para-hydroxylation sites is 2. The largest absolute Gasteiger partial charge is 0.491 e. The lowest BCUT2D eigenvalue weighted by atomic mass is 10.2. The first kappa shape index (κ1) is 18.7. The summed E-state index contributed by atoms with van der Waals surface area (Å²) in [4.78, 5) is 28.3. The van der Waals surface area contributed by atoms with Gasteiger partial charge in [0.15, 0.2) is 0 Å². The number of piperazine rings is 1. The molecule has 0 N–H and O–H groups in total. The van der Waals surface area contributed by atoms with Crippen LogP contribution in [0.2, 0.25) is 0 Å². The van der Waals surface area contributed by atoms with Crippen molar-refractivity contribution in [1.82, 2.24) is 14.9 Å². The number of benzene rings is 1. The molecular formula is C21H27N5O2. The minimum Gasteiger partial charge on any atom is -0.491 e. The van der Waals surface area contributed by atoms with Gasteiger partial charge in [-0.15, -0.1) is 0 Å². The van der Waals surface area contributed by atoms with Crippen molar-refractivity contribution in [1.29, 1.82) is 0 Å². The Morgan fingerprint density at radius 1 is 1.07 bits per heavy atom. The molecule has 0 saturated carbocycles. The molecule has 1 aromatic heterocycles. The zero-order valence-electron chi connectivity index (χ0n) is 16.6. The van der Waals surface area contributed by atoms with E-state index in [0.717, 1.165) is 61.4 Å². The maximum atomic E-state index is 13.0. The number of ether oxygens (including phenoxy) is 1. The molecule has 2 aliphatic heterocycles. The third-order valence-electron chi connectivity index (χ3n) is 5.25. The van der Waals surface area contributed by atoms with Crippen molar-refractivity contribution in [2.24, 2.45) is 0 Å². The van der Waals surface area contributed by atoms with Crippen LogP contribution in [-0.4, -0.2) is 66.7 Å². The molecule has 1 saturated heterocycles. The second-order valence-corrected chi connectivity index (χ2v) is 7.39. The van der Waals surface area contributed by atoms with Gasteiger partial charge in [0.05, 0.1) is 18.8 Å². The second kappa shape index (κ2) is 8.14. The number of carbonyl (C=O) groups is 1. The number of anilines is 2. The smallest absolute Gasteiger partial charge is 0.241 e. The van der Waals surface area contributed by atoms with Crippen molar-refractivity contribution in [2.75, 3.05) is 55.7 Å². The molecule has 0 unspecified atom stereocenters. The van der Waals surface area contributed by atoms with Gasteiger partial charge in [-0.25, -0.2) is 9.97 Å². The first-order valence-electron chi connectivity index (χ1n) is 9.92. The normalized spacial score (nSPS) is 17.6. The first-order valence-corrected chi connectivity index (χ1v) is 9.92. The monoisotopic (exact) mass is 381 g/mol. The maximum Gasteiger partial charge on any atom is 0.241 e. The predicted molar refractivity (Wildman–Crippen MR) is 109 cm³/mol. The van der Waals surface area contributed by atoms with Gasteiger partial charge < -0.3 is 14.5 Å². The van der Waals surface area contributed by atoms with Crippen molar-refractivity contribution in [3.63, 3.8) is 0 Å². The zero-order chi connectivity index (χ0) is 19.5. The SMILES string of the molecule is Cc1cc(N2CCN(CC(=O)N3CCCOc4ccccc43)CC2)nc(C)n1. The second-order valence-electron chi connectivity index (χ2n) is 7.39. The number of hydrogen-bond acceptors (Lipinski definition) is 6. The average molecular weight is 381 g/mol. The summed E-state index contributed by atoms with van der Waals surface area (Å²) in [6.07, 6.45) is 0.848. The number of nitrogens with zero attached hydrogens (tertiary/aromatic N) is 5. The highest BCUT2D eigenvalue weighted by Gasteiger charge is 2.26. The minimum atomic E-state index is 0.139. The standard InChI is InChI=1S/C21H27N5O2/c1-16-14-20(23-17(2)22-16)25-11-9-24(10-12-25)15-21(27)26-8-5-13-28-19-7-4-3-6-18(19)26/h3-4,6-7,14H,5,8-13,15H2,1-2H3. The van der Waals surface area contributed by atoms with Crippen LogP contribution in [-0.2, 0) is 4.79 Å². The van der Waals surface area contributed by atoms with Crippen LogP contribution in [0.3, 0.4) is 0 Å². The minimum absolute atomic E-state index is 0.139. The van der Waals surface area contributed by atoms with E-state index >= 15 is 0 Å². The summed E-state index contributed by atoms with van der Waals surface area (Å²) in [5.41, 5.74) is 1.87. The molecule has 3 heterocycles. The summed E-state index contributed by atoms with van der Waals surface area (Å²) in [5, 5.41) is 0. The highest BCUT2D eigenvalue weighted by molar-refractivity contribution is 5.96. The molecule has 2 aliphatic rings. The lowest BCUT2D eigenvalue weighted by Gasteiger charge is -2.36. The average Bonchev–Trinajstić information content (AvgIpc) is 2.90. The Kier molecular flexibility index (Phi) is 5.43. The molecule has 0 radical (unpaired) electrons. The molecule has 4 rings (SSSR count). The molecule has 2 aromatic rings. The zero-order valence-corrected chi connectivity index (χ0v) is 16.6. The van der Waals surface area contributed by atoms with Gasteiger partial charge in [0.2, 0.25) is 5.91 Å². The van der Waals surface area contributed by atoms with E-state index in [1.165, 1.54) is 0 Å². The summed E-state index contributed by atoms with van der Waals surface area (Å²) in [7, 11) is 0. The van der Waals surface area contributed by atoms with Crippen molar-refractivity contribution in [2.45, 2.75) is 20.3 Å². The number of fused-ring (bicyclic) bond motifs is 1. The van der Waals surface area contributed by atoms with Crippen molar-refractivity contribution < 1.29 is 9.53 Å².